The summed E-state index contributed by atoms with van der Waals surface area (Å²) in [5, 5.41) is 17.0. The fourth-order valence-electron chi connectivity index (χ4n) is 2.43. The van der Waals surface area contributed by atoms with Crippen LogP contribution in [0, 0.1) is 10.1 Å². The van der Waals surface area contributed by atoms with Crippen molar-refractivity contribution >= 4 is 45.6 Å². The minimum absolute atomic E-state index is 0.0375. The van der Waals surface area contributed by atoms with Crippen LogP contribution in [0.2, 0.25) is 0 Å². The van der Waals surface area contributed by atoms with Crippen molar-refractivity contribution < 1.29 is 14.5 Å². The van der Waals surface area contributed by atoms with Crippen LogP contribution in [-0.2, 0) is 4.79 Å². The zero-order chi connectivity index (χ0) is 20.8. The van der Waals surface area contributed by atoms with E-state index in [-0.39, 0.29) is 22.9 Å². The number of nitro groups is 1. The van der Waals surface area contributed by atoms with E-state index in [9.17, 15) is 19.7 Å². The number of anilines is 1. The fraction of sp³-hybridized carbons (Fsp3) is 0.105. The molecule has 3 rings (SSSR count). The van der Waals surface area contributed by atoms with E-state index in [0.717, 1.165) is 5.56 Å². The predicted molar refractivity (Wildman–Crippen MR) is 113 cm³/mol. The second kappa shape index (κ2) is 9.30. The molecule has 0 aliphatic rings. The molecule has 10 heteroatoms. The summed E-state index contributed by atoms with van der Waals surface area (Å²) in [4.78, 5) is 39.4. The van der Waals surface area contributed by atoms with Gasteiger partial charge in [0.15, 0.2) is 4.34 Å². The Morgan fingerprint density at radius 3 is 2.52 bits per heavy atom. The molecule has 2 amide bonds. The molecule has 0 aliphatic carbocycles. The molecular formula is C19H16N4O4S2. The molecule has 3 aromatic rings. The number of nitrogens with one attached hydrogen (secondary N) is 2. The molecule has 8 nitrogen and oxygen atoms in total. The molecule has 2 N–H and O–H groups in total. The SMILES string of the molecule is CNC(=O)CSc1nc(-c2ccccc2)c(NC(=O)c2ccccc2[N+](=O)[O-])s1. The van der Waals surface area contributed by atoms with Crippen molar-refractivity contribution in [3.8, 4) is 11.3 Å². The summed E-state index contributed by atoms with van der Waals surface area (Å²) in [7, 11) is 1.55. The van der Waals surface area contributed by atoms with Gasteiger partial charge in [-0.3, -0.25) is 19.7 Å². The van der Waals surface area contributed by atoms with Crippen LogP contribution in [0.25, 0.3) is 11.3 Å². The maximum atomic E-state index is 12.7. The van der Waals surface area contributed by atoms with Crippen LogP contribution in [0.1, 0.15) is 10.4 Å². The lowest BCUT2D eigenvalue weighted by Crippen LogP contribution is -2.19. The molecule has 0 aliphatic heterocycles. The van der Waals surface area contributed by atoms with E-state index in [1.165, 1.54) is 41.3 Å². The van der Waals surface area contributed by atoms with Crippen LogP contribution in [0.5, 0.6) is 0 Å². The van der Waals surface area contributed by atoms with Crippen LogP contribution in [-0.4, -0.2) is 34.5 Å². The number of thiazole rings is 1. The number of carbonyl (C=O) groups is 2. The third-order valence-corrected chi connectivity index (χ3v) is 5.95. The van der Waals surface area contributed by atoms with Gasteiger partial charge in [0.25, 0.3) is 11.6 Å². The maximum Gasteiger partial charge on any atom is 0.282 e. The molecule has 0 atom stereocenters. The quantitative estimate of drug-likeness (QED) is 0.336. The van der Waals surface area contributed by atoms with Crippen molar-refractivity contribution in [1.29, 1.82) is 0 Å². The smallest absolute Gasteiger partial charge is 0.282 e. The summed E-state index contributed by atoms with van der Waals surface area (Å²) in [6.45, 7) is 0. The highest BCUT2D eigenvalue weighted by atomic mass is 32.2. The van der Waals surface area contributed by atoms with E-state index in [0.29, 0.717) is 15.0 Å². The number of thioether (sulfide) groups is 1. The van der Waals surface area contributed by atoms with E-state index >= 15 is 0 Å². The minimum atomic E-state index is -0.596. The van der Waals surface area contributed by atoms with Gasteiger partial charge < -0.3 is 10.6 Å². The predicted octanol–water partition coefficient (Wildman–Crippen LogP) is 3.81. The van der Waals surface area contributed by atoms with Gasteiger partial charge in [0.2, 0.25) is 5.91 Å². The second-order valence-corrected chi connectivity index (χ2v) is 7.94. The number of carbonyl (C=O) groups excluding carboxylic acids is 2. The average molecular weight is 428 g/mol. The van der Waals surface area contributed by atoms with Crippen LogP contribution in [0.15, 0.2) is 58.9 Å². The van der Waals surface area contributed by atoms with E-state index < -0.39 is 10.8 Å². The van der Waals surface area contributed by atoms with Gasteiger partial charge in [-0.05, 0) is 6.07 Å². The van der Waals surface area contributed by atoms with Gasteiger partial charge in [0.05, 0.1) is 10.7 Å². The van der Waals surface area contributed by atoms with Gasteiger partial charge in [-0.1, -0.05) is 65.6 Å². The molecule has 2 aromatic carbocycles. The number of amides is 2. The first-order chi connectivity index (χ1) is 14.0. The summed E-state index contributed by atoms with van der Waals surface area (Å²) >= 11 is 2.46. The van der Waals surface area contributed by atoms with Gasteiger partial charge in [-0.25, -0.2) is 4.98 Å². The Labute approximate surface area is 174 Å². The summed E-state index contributed by atoms with van der Waals surface area (Å²) in [5.41, 5.74) is 1.02. The van der Waals surface area contributed by atoms with Gasteiger partial charge in [0, 0.05) is 18.7 Å². The maximum absolute atomic E-state index is 12.7. The van der Waals surface area contributed by atoms with Crippen LogP contribution >= 0.6 is 23.1 Å². The monoisotopic (exact) mass is 428 g/mol. The fourth-order valence-corrected chi connectivity index (χ4v) is 4.37. The third-order valence-electron chi connectivity index (χ3n) is 3.83. The zero-order valence-corrected chi connectivity index (χ0v) is 16.9. The average Bonchev–Trinajstić information content (AvgIpc) is 3.15. The Bertz CT molecular complexity index is 1050. The Morgan fingerprint density at radius 2 is 1.83 bits per heavy atom. The molecule has 1 heterocycles. The molecule has 0 saturated carbocycles. The summed E-state index contributed by atoms with van der Waals surface area (Å²) < 4.78 is 0.602. The summed E-state index contributed by atoms with van der Waals surface area (Å²) in [5.74, 6) is -0.548. The van der Waals surface area contributed by atoms with Crippen molar-refractivity contribution in [1.82, 2.24) is 10.3 Å². The molecule has 0 fully saturated rings. The van der Waals surface area contributed by atoms with E-state index in [4.69, 9.17) is 0 Å². The highest BCUT2D eigenvalue weighted by Crippen LogP contribution is 2.38. The van der Waals surface area contributed by atoms with Crippen LogP contribution in [0.3, 0.4) is 0 Å². The van der Waals surface area contributed by atoms with E-state index in [2.05, 4.69) is 15.6 Å². The molecule has 1 aromatic heterocycles. The molecule has 0 bridgehead atoms. The number of benzene rings is 2. The largest absolute Gasteiger partial charge is 0.358 e. The number of nitrogens with zero attached hydrogens (tertiary/aromatic N) is 2. The number of hydrogen-bond acceptors (Lipinski definition) is 7. The van der Waals surface area contributed by atoms with Crippen LogP contribution in [0.4, 0.5) is 10.7 Å². The second-order valence-electron chi connectivity index (χ2n) is 5.71. The first kappa shape index (κ1) is 20.5. The topological polar surface area (TPSA) is 114 Å². The first-order valence-electron chi connectivity index (χ1n) is 8.44. The first-order valence-corrected chi connectivity index (χ1v) is 10.2. The molecule has 0 saturated heterocycles. The standard InChI is InChI=1S/C19H16N4O4S2/c1-20-15(24)11-28-19-21-16(12-7-3-2-4-8-12)18(29-19)22-17(25)13-9-5-6-10-14(13)23(26)27/h2-10H,11H2,1H3,(H,20,24)(H,22,25). The lowest BCUT2D eigenvalue weighted by molar-refractivity contribution is -0.385. The van der Waals surface area contributed by atoms with Crippen molar-refractivity contribution in [3.05, 3.63) is 70.3 Å². The third kappa shape index (κ3) is 4.98. The molecule has 0 radical (unpaired) electrons. The summed E-state index contributed by atoms with van der Waals surface area (Å²) in [6.07, 6.45) is 0. The number of nitro benzene ring substituents is 1. The summed E-state index contributed by atoms with van der Waals surface area (Å²) in [6, 6.07) is 15.0. The lowest BCUT2D eigenvalue weighted by Gasteiger charge is -2.06. The molecule has 0 unspecified atom stereocenters. The molecule has 148 valence electrons. The van der Waals surface area contributed by atoms with Gasteiger partial charge >= 0.3 is 0 Å². The Hall–Kier alpha value is -3.24. The number of rotatable bonds is 7. The number of hydrogen-bond donors (Lipinski definition) is 2. The van der Waals surface area contributed by atoms with Crippen LogP contribution < -0.4 is 10.6 Å². The van der Waals surface area contributed by atoms with Crippen molar-refractivity contribution in [2.24, 2.45) is 0 Å². The van der Waals surface area contributed by atoms with Crippen molar-refractivity contribution in [2.75, 3.05) is 18.1 Å². The number of para-hydroxylation sites is 1. The van der Waals surface area contributed by atoms with E-state index in [1.54, 1.807) is 13.1 Å². The van der Waals surface area contributed by atoms with Crippen molar-refractivity contribution in [2.45, 2.75) is 4.34 Å². The normalized spacial score (nSPS) is 10.4. The molecule has 0 spiro atoms. The molecule has 29 heavy (non-hydrogen) atoms. The molecular weight excluding hydrogens is 412 g/mol. The van der Waals surface area contributed by atoms with E-state index in [1.807, 2.05) is 30.3 Å². The van der Waals surface area contributed by atoms with Crippen molar-refractivity contribution in [3.63, 3.8) is 0 Å². The van der Waals surface area contributed by atoms with Gasteiger partial charge in [-0.2, -0.15) is 0 Å². The highest BCUT2D eigenvalue weighted by Gasteiger charge is 2.22. The highest BCUT2D eigenvalue weighted by molar-refractivity contribution is 8.01. The van der Waals surface area contributed by atoms with Gasteiger partial charge in [-0.15, -0.1) is 0 Å². The lowest BCUT2D eigenvalue weighted by atomic mass is 10.1. The number of aromatic nitrogens is 1. The Kier molecular flexibility index (Phi) is 6.57. The Balaban J connectivity index is 1.93. The Morgan fingerprint density at radius 1 is 1.14 bits per heavy atom. The zero-order valence-electron chi connectivity index (χ0n) is 15.2. The van der Waals surface area contributed by atoms with Gasteiger partial charge in [0.1, 0.15) is 16.3 Å². The minimum Gasteiger partial charge on any atom is -0.358 e.